The molecule has 0 aromatic heterocycles. The van der Waals surface area contributed by atoms with Crippen LogP contribution in [0.1, 0.15) is 39.2 Å². The van der Waals surface area contributed by atoms with Crippen LogP contribution in [0, 0.1) is 11.6 Å². The zero-order valence-corrected chi connectivity index (χ0v) is 20.6. The van der Waals surface area contributed by atoms with Crippen LogP contribution in [0.5, 0.6) is 0 Å². The molecule has 0 bridgehead atoms. The van der Waals surface area contributed by atoms with Gasteiger partial charge in [-0.2, -0.15) is 0 Å². The predicted octanol–water partition coefficient (Wildman–Crippen LogP) is 3.45. The van der Waals surface area contributed by atoms with Gasteiger partial charge in [0.05, 0.1) is 11.9 Å². The number of benzene rings is 2. The molecule has 0 unspecified atom stereocenters. The van der Waals surface area contributed by atoms with Crippen LogP contribution < -0.4 is 9.62 Å². The lowest BCUT2D eigenvalue weighted by Crippen LogP contribution is -2.53. The maximum absolute atomic E-state index is 13.8. The van der Waals surface area contributed by atoms with Crippen LogP contribution in [0.4, 0.5) is 14.5 Å². The van der Waals surface area contributed by atoms with Crippen molar-refractivity contribution in [1.29, 1.82) is 0 Å². The van der Waals surface area contributed by atoms with Gasteiger partial charge in [0, 0.05) is 18.7 Å². The molecule has 0 heterocycles. The maximum atomic E-state index is 13.8. The molecule has 0 spiro atoms. The van der Waals surface area contributed by atoms with Crippen molar-refractivity contribution in [2.75, 3.05) is 17.1 Å². The van der Waals surface area contributed by atoms with E-state index in [0.29, 0.717) is 17.1 Å². The smallest absolute Gasteiger partial charge is 0.244 e. The highest BCUT2D eigenvalue weighted by Gasteiger charge is 2.32. The molecule has 0 fully saturated rings. The fourth-order valence-electron chi connectivity index (χ4n) is 3.39. The lowest BCUT2D eigenvalue weighted by atomic mass is 10.1. The molecule has 10 heteroatoms. The molecule has 0 saturated heterocycles. The highest BCUT2D eigenvalue weighted by molar-refractivity contribution is 7.92. The van der Waals surface area contributed by atoms with Crippen molar-refractivity contribution in [1.82, 2.24) is 10.2 Å². The Morgan fingerprint density at radius 3 is 2.18 bits per heavy atom. The minimum absolute atomic E-state index is 0.0709. The largest absolute Gasteiger partial charge is 0.352 e. The third-order valence-corrected chi connectivity index (χ3v) is 6.59. The Morgan fingerprint density at radius 2 is 1.65 bits per heavy atom. The Morgan fingerprint density at radius 1 is 1.00 bits per heavy atom. The fourth-order valence-corrected chi connectivity index (χ4v) is 4.24. The number of hydrogen-bond acceptors (Lipinski definition) is 4. The van der Waals surface area contributed by atoms with Gasteiger partial charge in [-0.1, -0.05) is 44.2 Å². The second-order valence-corrected chi connectivity index (χ2v) is 10.0. The number of carbonyl (C=O) groups excluding carboxylic acids is 2. The Balaban J connectivity index is 2.43. The minimum atomic E-state index is -4.03. The Labute approximate surface area is 199 Å². The first-order valence-corrected chi connectivity index (χ1v) is 12.9. The van der Waals surface area contributed by atoms with E-state index in [9.17, 15) is 26.8 Å². The predicted molar refractivity (Wildman–Crippen MR) is 128 cm³/mol. The molecule has 2 aromatic rings. The van der Waals surface area contributed by atoms with Crippen LogP contribution >= 0.6 is 0 Å². The van der Waals surface area contributed by atoms with Crippen LogP contribution in [0.3, 0.4) is 0 Å². The normalized spacial score (nSPS) is 13.1. The summed E-state index contributed by atoms with van der Waals surface area (Å²) in [7, 11) is -4.03. The number of sulfonamides is 1. The average Bonchev–Trinajstić information content (AvgIpc) is 2.78. The third kappa shape index (κ3) is 7.24. The molecule has 0 radical (unpaired) electrons. The summed E-state index contributed by atoms with van der Waals surface area (Å²) in [5, 5.41) is 2.87. The van der Waals surface area contributed by atoms with Gasteiger partial charge < -0.3 is 10.2 Å². The molecule has 0 aliphatic rings. The quantitative estimate of drug-likeness (QED) is 0.517. The summed E-state index contributed by atoms with van der Waals surface area (Å²) in [5.41, 5.74) is 0.566. The summed E-state index contributed by atoms with van der Waals surface area (Å²) in [4.78, 5) is 27.8. The fraction of sp³-hybridized carbons (Fsp3) is 0.417. The first-order chi connectivity index (χ1) is 16.0. The number of rotatable bonds is 11. The van der Waals surface area contributed by atoms with Crippen LogP contribution in [-0.4, -0.2) is 50.0 Å². The van der Waals surface area contributed by atoms with E-state index in [1.807, 2.05) is 19.9 Å². The summed E-state index contributed by atoms with van der Waals surface area (Å²) in [6.45, 7) is 4.92. The second-order valence-electron chi connectivity index (χ2n) is 8.12. The summed E-state index contributed by atoms with van der Waals surface area (Å²) in [5.74, 6) is -3.37. The van der Waals surface area contributed by atoms with Crippen molar-refractivity contribution in [3.8, 4) is 0 Å². The zero-order valence-electron chi connectivity index (χ0n) is 19.8. The summed E-state index contributed by atoms with van der Waals surface area (Å²) in [6, 6.07) is 10.6. The first kappa shape index (κ1) is 27.2. The van der Waals surface area contributed by atoms with Crippen molar-refractivity contribution in [2.24, 2.45) is 0 Å². The van der Waals surface area contributed by atoms with E-state index < -0.39 is 40.2 Å². The van der Waals surface area contributed by atoms with Gasteiger partial charge in [0.1, 0.15) is 12.6 Å². The third-order valence-electron chi connectivity index (χ3n) is 5.45. The van der Waals surface area contributed by atoms with Crippen LogP contribution in [0.2, 0.25) is 0 Å². The minimum Gasteiger partial charge on any atom is -0.352 e. The molecule has 2 aromatic carbocycles. The molecular weight excluding hydrogens is 464 g/mol. The van der Waals surface area contributed by atoms with Gasteiger partial charge in [-0.25, -0.2) is 17.2 Å². The molecule has 34 heavy (non-hydrogen) atoms. The van der Waals surface area contributed by atoms with Crippen molar-refractivity contribution in [3.63, 3.8) is 0 Å². The SMILES string of the molecule is CC[C@H](C(=O)N[C@@H](C)CC)N(Cc1ccccc1)C(=O)CN(c1ccc(F)c(F)c1)S(C)(=O)=O. The van der Waals surface area contributed by atoms with E-state index in [0.717, 1.165) is 30.0 Å². The van der Waals surface area contributed by atoms with Gasteiger partial charge in [-0.3, -0.25) is 13.9 Å². The second kappa shape index (κ2) is 11.9. The summed E-state index contributed by atoms with van der Waals surface area (Å²) in [6.07, 6.45) is 1.87. The van der Waals surface area contributed by atoms with E-state index in [1.54, 1.807) is 31.2 Å². The molecule has 2 atom stereocenters. The Bertz CT molecular complexity index is 1100. The molecule has 0 aliphatic carbocycles. The highest BCUT2D eigenvalue weighted by atomic mass is 32.2. The van der Waals surface area contributed by atoms with Crippen LogP contribution in [0.25, 0.3) is 0 Å². The van der Waals surface area contributed by atoms with Gasteiger partial charge in [0.2, 0.25) is 21.8 Å². The number of nitrogens with one attached hydrogen (secondary N) is 1. The molecule has 2 amide bonds. The Hall–Kier alpha value is -3.01. The van der Waals surface area contributed by atoms with Crippen LogP contribution in [0.15, 0.2) is 48.5 Å². The van der Waals surface area contributed by atoms with Crippen molar-refractivity contribution >= 4 is 27.5 Å². The lowest BCUT2D eigenvalue weighted by molar-refractivity contribution is -0.140. The van der Waals surface area contributed by atoms with Crippen molar-refractivity contribution < 1.29 is 26.8 Å². The zero-order chi connectivity index (χ0) is 25.5. The number of anilines is 1. The number of carbonyl (C=O) groups is 2. The highest BCUT2D eigenvalue weighted by Crippen LogP contribution is 2.22. The molecule has 186 valence electrons. The Kier molecular flexibility index (Phi) is 9.55. The van der Waals surface area contributed by atoms with Crippen molar-refractivity contribution in [2.45, 2.75) is 52.2 Å². The number of nitrogens with zero attached hydrogens (tertiary/aromatic N) is 2. The van der Waals surface area contributed by atoms with Crippen LogP contribution in [-0.2, 0) is 26.2 Å². The molecular formula is C24H31F2N3O4S. The van der Waals surface area contributed by atoms with E-state index >= 15 is 0 Å². The molecule has 2 rings (SSSR count). The average molecular weight is 496 g/mol. The molecule has 0 aliphatic heterocycles. The number of amides is 2. The van der Waals surface area contributed by atoms with Gasteiger partial charge >= 0.3 is 0 Å². The summed E-state index contributed by atoms with van der Waals surface area (Å²) >= 11 is 0. The van der Waals surface area contributed by atoms with Gasteiger partial charge in [-0.05, 0) is 37.5 Å². The van der Waals surface area contributed by atoms with E-state index in [4.69, 9.17) is 0 Å². The standard InChI is InChI=1S/C24H31F2N3O4S/c1-5-17(3)27-24(31)22(6-2)28(15-18-10-8-7-9-11-18)23(30)16-29(34(4,32)33)19-12-13-20(25)21(26)14-19/h7-14,17,22H,5-6,15-16H2,1-4H3,(H,27,31)/t17-,22+/m0/s1. The van der Waals surface area contributed by atoms with Crippen molar-refractivity contribution in [3.05, 3.63) is 65.7 Å². The monoisotopic (exact) mass is 495 g/mol. The first-order valence-electron chi connectivity index (χ1n) is 11.0. The van der Waals surface area contributed by atoms with E-state index in [2.05, 4.69) is 5.32 Å². The maximum Gasteiger partial charge on any atom is 0.244 e. The number of hydrogen-bond donors (Lipinski definition) is 1. The van der Waals surface area contributed by atoms with Gasteiger partial charge in [-0.15, -0.1) is 0 Å². The van der Waals surface area contributed by atoms with Gasteiger partial charge in [0.15, 0.2) is 11.6 Å². The van der Waals surface area contributed by atoms with E-state index in [-0.39, 0.29) is 24.2 Å². The summed E-state index contributed by atoms with van der Waals surface area (Å²) < 4.78 is 52.8. The molecule has 1 N–H and O–H groups in total. The molecule has 0 saturated carbocycles. The van der Waals surface area contributed by atoms with Gasteiger partial charge in [0.25, 0.3) is 0 Å². The lowest BCUT2D eigenvalue weighted by Gasteiger charge is -2.33. The topological polar surface area (TPSA) is 86.8 Å². The number of halogens is 2. The molecule has 7 nitrogen and oxygen atoms in total. The van der Waals surface area contributed by atoms with E-state index in [1.165, 1.54) is 4.90 Å².